The van der Waals surface area contributed by atoms with Crippen LogP contribution in [-0.2, 0) is 0 Å². The van der Waals surface area contributed by atoms with Crippen LogP contribution in [0.15, 0.2) is 42.6 Å². The molecule has 0 aliphatic heterocycles. The largest absolute Gasteiger partial charge is 2.00 e. The van der Waals surface area contributed by atoms with Crippen molar-refractivity contribution < 1.29 is 2.85 Å². The Kier molecular flexibility index (Phi) is 3.53. The molecule has 0 bridgehead atoms. The Balaban J connectivity index is 0. The quantitative estimate of drug-likeness (QED) is 0.618. The van der Waals surface area contributed by atoms with Crippen LogP contribution in [0.25, 0.3) is 10.9 Å². The van der Waals surface area contributed by atoms with E-state index in [0.717, 1.165) is 5.52 Å². The van der Waals surface area contributed by atoms with Gasteiger partial charge in [-0.1, -0.05) is 24.3 Å². The molecule has 2 aromatic rings. The minimum Gasteiger partial charge on any atom is -1.00 e. The number of pyridine rings is 1. The number of hydrogen-bond acceptors (Lipinski definition) is 1. The molecule has 0 fully saturated rings. The predicted octanol–water partition coefficient (Wildman–Crippen LogP) is 2.08. The van der Waals surface area contributed by atoms with Gasteiger partial charge in [0.15, 0.2) is 0 Å². The van der Waals surface area contributed by atoms with Gasteiger partial charge in [-0.3, -0.25) is 4.98 Å². The summed E-state index contributed by atoms with van der Waals surface area (Å²) in [4.78, 5) is 4.18. The molecule has 0 N–H and O–H groups in total. The van der Waals surface area contributed by atoms with Gasteiger partial charge in [-0.2, -0.15) is 0 Å². The maximum Gasteiger partial charge on any atom is 2.00 e. The van der Waals surface area contributed by atoms with E-state index < -0.39 is 0 Å². The van der Waals surface area contributed by atoms with Gasteiger partial charge in [-0.15, -0.1) is 0 Å². The summed E-state index contributed by atoms with van der Waals surface area (Å²) in [6.45, 7) is 0. The van der Waals surface area contributed by atoms with Crippen molar-refractivity contribution in [2.24, 2.45) is 0 Å². The molecule has 0 saturated heterocycles. The smallest absolute Gasteiger partial charge is 1.00 e. The molecule has 1 heterocycles. The van der Waals surface area contributed by atoms with Crippen LogP contribution in [-0.4, -0.2) is 50.5 Å². The van der Waals surface area contributed by atoms with Gasteiger partial charge in [0.1, 0.15) is 0 Å². The molecule has 0 atom stereocenters. The van der Waals surface area contributed by atoms with Crippen LogP contribution in [0.3, 0.4) is 0 Å². The molecule has 0 spiro atoms. The van der Waals surface area contributed by atoms with E-state index in [0.29, 0.717) is 0 Å². The van der Waals surface area contributed by atoms with Gasteiger partial charge in [0.05, 0.1) is 5.52 Å². The Bertz CT molecular complexity index is 289. The average molecular weight is 219 g/mol. The van der Waals surface area contributed by atoms with Crippen molar-refractivity contribution in [3.63, 3.8) is 0 Å². The zero-order valence-electron chi connectivity index (χ0n) is 8.20. The molecular weight excluding hydrogens is 210 g/mol. The van der Waals surface area contributed by atoms with E-state index in [-0.39, 0.29) is 48.3 Å². The molecule has 0 saturated carbocycles. The first-order chi connectivity index (χ1) is 4.97. The maximum atomic E-state index is 4.18. The van der Waals surface area contributed by atoms with Crippen LogP contribution in [0.1, 0.15) is 2.85 Å². The van der Waals surface area contributed by atoms with Gasteiger partial charge >= 0.3 is 45.5 Å². The van der Waals surface area contributed by atoms with E-state index in [4.69, 9.17) is 0 Å². The van der Waals surface area contributed by atoms with Gasteiger partial charge < -0.3 is 2.85 Å². The van der Waals surface area contributed by atoms with Gasteiger partial charge in [0, 0.05) is 11.6 Å². The van der Waals surface area contributed by atoms with E-state index in [2.05, 4.69) is 17.1 Å². The zero-order chi connectivity index (χ0) is 6.81. The summed E-state index contributed by atoms with van der Waals surface area (Å²) in [6.07, 6.45) is 1.81. The second-order valence-electron chi connectivity index (χ2n) is 2.20. The Morgan fingerprint density at radius 3 is 2.55 bits per heavy atom. The Labute approximate surface area is 106 Å². The minimum absolute atomic E-state index is 0. The van der Waals surface area contributed by atoms with Crippen LogP contribution in [0, 0.1) is 0 Å². The van der Waals surface area contributed by atoms with Gasteiger partial charge in [-0.05, 0) is 12.1 Å². The van der Waals surface area contributed by atoms with Gasteiger partial charge in [0.25, 0.3) is 0 Å². The molecule has 2 heteroatoms. The molecule has 0 radical (unpaired) electrons. The summed E-state index contributed by atoms with van der Waals surface area (Å²) in [5.74, 6) is 0. The van der Waals surface area contributed by atoms with E-state index in [1.54, 1.807) is 0 Å². The fourth-order valence-corrected chi connectivity index (χ4v) is 1.02. The molecule has 52 valence electrons. The maximum absolute atomic E-state index is 4.18. The third-order valence-corrected chi connectivity index (χ3v) is 1.51. The number of aromatic nitrogens is 1. The molecule has 2 rings (SSSR count). The first-order valence-corrected chi connectivity index (χ1v) is 3.26. The van der Waals surface area contributed by atoms with E-state index in [1.165, 1.54) is 5.39 Å². The van der Waals surface area contributed by atoms with Crippen LogP contribution in [0.2, 0.25) is 0 Å². The molecule has 0 aliphatic carbocycles. The van der Waals surface area contributed by atoms with Crippen molar-refractivity contribution in [3.8, 4) is 0 Å². The fourth-order valence-electron chi connectivity index (χ4n) is 1.02. The van der Waals surface area contributed by atoms with Crippen molar-refractivity contribution in [1.29, 1.82) is 0 Å². The first kappa shape index (κ1) is 9.20. The second kappa shape index (κ2) is 4.21. The minimum atomic E-state index is 0. The number of rotatable bonds is 0. The summed E-state index contributed by atoms with van der Waals surface area (Å²) >= 11 is 0. The number of para-hydroxylation sites is 1. The molecule has 1 nitrogen and oxygen atoms in total. The zero-order valence-corrected chi connectivity index (χ0v) is 9.67. The Hall–Kier alpha value is 0.111. The Morgan fingerprint density at radius 2 is 1.73 bits per heavy atom. The normalized spacial score (nSPS) is 9.09. The number of fused-ring (bicyclic) bond motifs is 1. The monoisotopic (exact) mass is 219 g/mol. The standard InChI is InChI=1S/C9H7N.Sr.2H/c1-2-6-9-8(4-1)5-3-7-10-9;;;/h1-7H;;;/q;+2;2*-1. The molecule has 1 aromatic heterocycles. The van der Waals surface area contributed by atoms with Gasteiger partial charge in [0.2, 0.25) is 0 Å². The summed E-state index contributed by atoms with van der Waals surface area (Å²) < 4.78 is 0. The van der Waals surface area contributed by atoms with E-state index >= 15 is 0 Å². The third kappa shape index (κ3) is 2.03. The fraction of sp³-hybridized carbons (Fsp3) is 0. The summed E-state index contributed by atoms with van der Waals surface area (Å²) in [5, 5.41) is 1.20. The summed E-state index contributed by atoms with van der Waals surface area (Å²) in [5.41, 5.74) is 1.06. The topological polar surface area (TPSA) is 12.9 Å². The predicted molar refractivity (Wildman–Crippen MR) is 49.7 cm³/mol. The number of benzene rings is 1. The molecule has 0 amide bonds. The van der Waals surface area contributed by atoms with Crippen LogP contribution in [0.4, 0.5) is 0 Å². The molecule has 0 aliphatic rings. The Morgan fingerprint density at radius 1 is 1.00 bits per heavy atom. The van der Waals surface area contributed by atoms with Gasteiger partial charge in [-0.25, -0.2) is 0 Å². The number of hydrogen-bond donors (Lipinski definition) is 0. The SMILES string of the molecule is [H-].[H-].[Sr+2].c1ccc2ncccc2c1. The average Bonchev–Trinajstić information content (AvgIpc) is 2.05. The molecular formula is C9H9NSr. The molecule has 11 heavy (non-hydrogen) atoms. The van der Waals surface area contributed by atoms with Crippen LogP contribution >= 0.6 is 0 Å². The second-order valence-corrected chi connectivity index (χ2v) is 2.20. The van der Waals surface area contributed by atoms with Crippen LogP contribution in [0.5, 0.6) is 0 Å². The molecule has 1 aromatic carbocycles. The van der Waals surface area contributed by atoms with Crippen molar-refractivity contribution in [2.75, 3.05) is 0 Å². The molecule has 0 unspecified atom stereocenters. The van der Waals surface area contributed by atoms with Crippen molar-refractivity contribution in [2.45, 2.75) is 0 Å². The van der Waals surface area contributed by atoms with E-state index in [9.17, 15) is 0 Å². The van der Waals surface area contributed by atoms with Crippen molar-refractivity contribution in [1.82, 2.24) is 4.98 Å². The van der Waals surface area contributed by atoms with Crippen molar-refractivity contribution >= 4 is 56.4 Å². The number of nitrogens with zero attached hydrogens (tertiary/aromatic N) is 1. The summed E-state index contributed by atoms with van der Waals surface area (Å²) in [7, 11) is 0. The van der Waals surface area contributed by atoms with Crippen LogP contribution < -0.4 is 0 Å². The van der Waals surface area contributed by atoms with Crippen molar-refractivity contribution in [3.05, 3.63) is 42.6 Å². The summed E-state index contributed by atoms with van der Waals surface area (Å²) in [6, 6.07) is 12.1. The first-order valence-electron chi connectivity index (χ1n) is 3.26. The van der Waals surface area contributed by atoms with E-state index in [1.807, 2.05) is 30.5 Å². The third-order valence-electron chi connectivity index (χ3n) is 1.51.